The van der Waals surface area contributed by atoms with Crippen molar-refractivity contribution in [2.75, 3.05) is 19.0 Å². The van der Waals surface area contributed by atoms with Gasteiger partial charge in [-0.25, -0.2) is 4.98 Å². The number of ether oxygens (including phenoxy) is 2. The molecule has 0 saturated heterocycles. The lowest BCUT2D eigenvalue weighted by molar-refractivity contribution is -0.111. The Balaban J connectivity index is 1.95. The van der Waals surface area contributed by atoms with E-state index in [0.717, 1.165) is 30.6 Å². The molecule has 1 amide bonds. The lowest BCUT2D eigenvalue weighted by Gasteiger charge is -2.11. The third-order valence-corrected chi connectivity index (χ3v) is 3.97. The maximum absolute atomic E-state index is 11.8. The normalized spacial score (nSPS) is 10.8. The van der Waals surface area contributed by atoms with Gasteiger partial charge in [-0.15, -0.1) is 11.3 Å². The molecule has 0 atom stereocenters. The van der Waals surface area contributed by atoms with Crippen LogP contribution in [0.1, 0.15) is 31.7 Å². The first kappa shape index (κ1) is 18.0. The van der Waals surface area contributed by atoms with Crippen LogP contribution in [0, 0.1) is 0 Å². The molecule has 1 aromatic carbocycles. The second-order valence-electron chi connectivity index (χ2n) is 5.13. The summed E-state index contributed by atoms with van der Waals surface area (Å²) in [6.07, 6.45) is 8.18. The predicted molar refractivity (Wildman–Crippen MR) is 97.8 cm³/mol. The largest absolute Gasteiger partial charge is 0.493 e. The number of benzene rings is 1. The van der Waals surface area contributed by atoms with E-state index in [0.29, 0.717) is 17.5 Å². The van der Waals surface area contributed by atoms with Gasteiger partial charge in [-0.3, -0.25) is 10.1 Å². The minimum absolute atomic E-state index is 0.219. The lowest BCUT2D eigenvalue weighted by atomic mass is 10.2. The highest BCUT2D eigenvalue weighted by Crippen LogP contribution is 2.28. The fourth-order valence-electron chi connectivity index (χ4n) is 2.05. The molecule has 0 aliphatic rings. The van der Waals surface area contributed by atoms with Gasteiger partial charge in [0, 0.05) is 17.7 Å². The number of aromatic nitrogens is 1. The Morgan fingerprint density at radius 2 is 2.21 bits per heavy atom. The Morgan fingerprint density at radius 3 is 2.92 bits per heavy atom. The second-order valence-corrected chi connectivity index (χ2v) is 6.02. The fraction of sp³-hybridized carbons (Fsp3) is 0.333. The van der Waals surface area contributed by atoms with Crippen molar-refractivity contribution >= 4 is 28.5 Å². The van der Waals surface area contributed by atoms with Crippen LogP contribution in [-0.4, -0.2) is 24.6 Å². The molecule has 6 heteroatoms. The molecule has 24 heavy (non-hydrogen) atoms. The summed E-state index contributed by atoms with van der Waals surface area (Å²) in [5, 5.41) is 5.09. The van der Waals surface area contributed by atoms with Crippen molar-refractivity contribution in [3.63, 3.8) is 0 Å². The molecule has 0 fully saturated rings. The maximum atomic E-state index is 11.8. The van der Waals surface area contributed by atoms with Gasteiger partial charge >= 0.3 is 0 Å². The number of carbonyl (C=O) groups is 1. The molecule has 0 bridgehead atoms. The molecular weight excluding hydrogens is 324 g/mol. The zero-order chi connectivity index (χ0) is 17.2. The number of anilines is 1. The minimum Gasteiger partial charge on any atom is -0.493 e. The monoisotopic (exact) mass is 346 g/mol. The molecule has 2 rings (SSSR count). The molecule has 0 aliphatic carbocycles. The lowest BCUT2D eigenvalue weighted by Crippen LogP contribution is -2.07. The van der Waals surface area contributed by atoms with Gasteiger partial charge in [-0.05, 0) is 30.2 Å². The number of amides is 1. The zero-order valence-corrected chi connectivity index (χ0v) is 14.8. The molecule has 5 nitrogen and oxygen atoms in total. The highest BCUT2D eigenvalue weighted by molar-refractivity contribution is 7.13. The number of nitrogens with one attached hydrogen (secondary N) is 1. The highest BCUT2D eigenvalue weighted by Gasteiger charge is 2.05. The number of hydrogen-bond acceptors (Lipinski definition) is 5. The van der Waals surface area contributed by atoms with E-state index in [-0.39, 0.29) is 5.91 Å². The number of nitrogens with zero attached hydrogens (tertiary/aromatic N) is 1. The number of unbranched alkanes of at least 4 members (excludes halogenated alkanes) is 2. The number of carbonyl (C=O) groups excluding carboxylic acids is 1. The van der Waals surface area contributed by atoms with Gasteiger partial charge in [0.25, 0.3) is 0 Å². The number of hydrogen-bond donors (Lipinski definition) is 1. The first-order valence-corrected chi connectivity index (χ1v) is 8.80. The van der Waals surface area contributed by atoms with Crippen molar-refractivity contribution in [3.05, 3.63) is 41.4 Å². The van der Waals surface area contributed by atoms with E-state index < -0.39 is 0 Å². The molecule has 1 N–H and O–H groups in total. The molecule has 0 radical (unpaired) electrons. The average molecular weight is 346 g/mol. The van der Waals surface area contributed by atoms with Gasteiger partial charge in [-0.2, -0.15) is 0 Å². The molecule has 1 heterocycles. The molecule has 0 aliphatic heterocycles. The van der Waals surface area contributed by atoms with Crippen LogP contribution in [0.5, 0.6) is 11.5 Å². The van der Waals surface area contributed by atoms with Crippen LogP contribution in [0.3, 0.4) is 0 Å². The van der Waals surface area contributed by atoms with Crippen molar-refractivity contribution in [1.82, 2.24) is 4.98 Å². The summed E-state index contributed by atoms with van der Waals surface area (Å²) < 4.78 is 11.1. The van der Waals surface area contributed by atoms with Gasteiger partial charge in [0.1, 0.15) is 0 Å². The maximum Gasteiger partial charge on any atom is 0.250 e. The van der Waals surface area contributed by atoms with Gasteiger partial charge in [-0.1, -0.05) is 25.8 Å². The van der Waals surface area contributed by atoms with Crippen LogP contribution in [0.15, 0.2) is 35.9 Å². The van der Waals surface area contributed by atoms with Crippen molar-refractivity contribution in [2.24, 2.45) is 0 Å². The van der Waals surface area contributed by atoms with E-state index in [1.807, 2.05) is 23.6 Å². The highest BCUT2D eigenvalue weighted by atomic mass is 32.1. The summed E-state index contributed by atoms with van der Waals surface area (Å²) in [6.45, 7) is 2.84. The Morgan fingerprint density at radius 1 is 1.33 bits per heavy atom. The van der Waals surface area contributed by atoms with Crippen LogP contribution in [-0.2, 0) is 4.79 Å². The molecular formula is C18H22N2O3S. The van der Waals surface area contributed by atoms with Crippen LogP contribution < -0.4 is 14.8 Å². The Bertz CT molecular complexity index is 669. The van der Waals surface area contributed by atoms with E-state index >= 15 is 0 Å². The smallest absolute Gasteiger partial charge is 0.250 e. The van der Waals surface area contributed by atoms with Gasteiger partial charge in [0.05, 0.1) is 13.7 Å². The Kier molecular flexibility index (Phi) is 7.29. The van der Waals surface area contributed by atoms with Crippen molar-refractivity contribution in [3.8, 4) is 11.5 Å². The van der Waals surface area contributed by atoms with Crippen molar-refractivity contribution in [1.29, 1.82) is 0 Å². The first-order chi connectivity index (χ1) is 11.7. The quantitative estimate of drug-likeness (QED) is 0.541. The predicted octanol–water partition coefficient (Wildman–Crippen LogP) is 4.37. The van der Waals surface area contributed by atoms with E-state index in [1.165, 1.54) is 17.4 Å². The summed E-state index contributed by atoms with van der Waals surface area (Å²) in [7, 11) is 1.61. The van der Waals surface area contributed by atoms with Crippen molar-refractivity contribution < 1.29 is 14.3 Å². The zero-order valence-electron chi connectivity index (χ0n) is 14.0. The summed E-state index contributed by atoms with van der Waals surface area (Å²) in [6, 6.07) is 5.61. The molecule has 128 valence electrons. The van der Waals surface area contributed by atoms with Crippen LogP contribution >= 0.6 is 11.3 Å². The standard InChI is InChI=1S/C18H22N2O3S/c1-3-4-5-11-23-15-8-6-14(13-16(15)22-2)7-9-17(21)20-18-19-10-12-24-18/h6-10,12-13H,3-5,11H2,1-2H3,(H,19,20,21)/b9-7+. The van der Waals surface area contributed by atoms with Crippen molar-refractivity contribution in [2.45, 2.75) is 26.2 Å². The number of thiazole rings is 1. The summed E-state index contributed by atoms with van der Waals surface area (Å²) >= 11 is 1.38. The topological polar surface area (TPSA) is 60.5 Å². The molecule has 1 aromatic heterocycles. The molecule has 2 aromatic rings. The van der Waals surface area contributed by atoms with E-state index in [1.54, 1.807) is 19.4 Å². The van der Waals surface area contributed by atoms with Gasteiger partial charge in [0.2, 0.25) is 5.91 Å². The minimum atomic E-state index is -0.219. The van der Waals surface area contributed by atoms with Crippen LogP contribution in [0.25, 0.3) is 6.08 Å². The Labute approximate surface area is 146 Å². The van der Waals surface area contributed by atoms with Crippen LogP contribution in [0.2, 0.25) is 0 Å². The summed E-state index contributed by atoms with van der Waals surface area (Å²) in [5.74, 6) is 1.16. The van der Waals surface area contributed by atoms with Gasteiger partial charge < -0.3 is 9.47 Å². The molecule has 0 unspecified atom stereocenters. The number of rotatable bonds is 9. The second kappa shape index (κ2) is 9.72. The molecule has 0 saturated carbocycles. The van der Waals surface area contributed by atoms with E-state index in [4.69, 9.17) is 9.47 Å². The van der Waals surface area contributed by atoms with Crippen LogP contribution in [0.4, 0.5) is 5.13 Å². The van der Waals surface area contributed by atoms with E-state index in [2.05, 4.69) is 17.2 Å². The summed E-state index contributed by atoms with van der Waals surface area (Å²) in [4.78, 5) is 15.8. The summed E-state index contributed by atoms with van der Waals surface area (Å²) in [5.41, 5.74) is 0.863. The molecule has 0 spiro atoms. The third-order valence-electron chi connectivity index (χ3n) is 3.28. The average Bonchev–Trinajstić information content (AvgIpc) is 3.10. The van der Waals surface area contributed by atoms with E-state index in [9.17, 15) is 4.79 Å². The third kappa shape index (κ3) is 5.70. The SMILES string of the molecule is CCCCCOc1ccc(/C=C/C(=O)Nc2nccs2)cc1OC. The number of methoxy groups -OCH3 is 1. The Hall–Kier alpha value is -2.34. The van der Waals surface area contributed by atoms with Gasteiger partial charge in [0.15, 0.2) is 16.6 Å². The fourth-order valence-corrected chi connectivity index (χ4v) is 2.58. The first-order valence-electron chi connectivity index (χ1n) is 7.92.